The molecule has 0 spiro atoms. The summed E-state index contributed by atoms with van der Waals surface area (Å²) in [6.07, 6.45) is 8.81. The molecule has 0 bridgehead atoms. The van der Waals surface area contributed by atoms with E-state index < -0.39 is 0 Å². The van der Waals surface area contributed by atoms with Crippen molar-refractivity contribution in [1.29, 1.82) is 0 Å². The van der Waals surface area contributed by atoms with Crippen LogP contribution in [-0.4, -0.2) is 0 Å². The molecular weight excluding hydrogens is 841 g/mol. The average molecular weight is 940 g/mol. The lowest BCUT2D eigenvalue weighted by Crippen LogP contribution is -2.07. The topological polar surface area (TPSA) is 0 Å². The van der Waals surface area contributed by atoms with Gasteiger partial charge in [-0.15, -0.1) is 34.0 Å². The van der Waals surface area contributed by atoms with E-state index in [1.807, 2.05) is 134 Å². The molecule has 0 aliphatic rings. The molecule has 0 aliphatic carbocycles. The predicted octanol–water partition coefficient (Wildman–Crippen LogP) is 22.0. The summed E-state index contributed by atoms with van der Waals surface area (Å²) in [5.74, 6) is 12.6. The molecule has 3 heterocycles. The molecule has 0 aliphatic heterocycles. The van der Waals surface area contributed by atoms with Crippen molar-refractivity contribution in [2.24, 2.45) is 21.7 Å². The molecule has 0 N–H and O–H groups in total. The SMILES string of the molecule is CC.CC.CC.CC.CC.CC(C)(C)/C=C/c1ccccc1.CC(C)(C)/C=C/c1cccs1.CC(C)(C)C#Cc1ccccc1.CC(C)(C)C#Cc1cccs1.CC(C)(C)c1cccs1. The Bertz CT molecular complexity index is 1860. The van der Waals surface area contributed by atoms with Crippen LogP contribution in [0.2, 0.25) is 0 Å². The summed E-state index contributed by atoms with van der Waals surface area (Å²) in [6, 6.07) is 33.0. The molecule has 0 nitrogen and oxygen atoms in total. The summed E-state index contributed by atoms with van der Waals surface area (Å²) in [6.45, 7) is 52.6. The molecule has 5 rings (SSSR count). The molecule has 3 aromatic heterocycles. The summed E-state index contributed by atoms with van der Waals surface area (Å²) in [7, 11) is 0. The molecule has 0 saturated carbocycles. The highest BCUT2D eigenvalue weighted by Crippen LogP contribution is 2.26. The number of rotatable bonds is 2. The minimum Gasteiger partial charge on any atom is -0.148 e. The molecule has 2 aromatic carbocycles. The van der Waals surface area contributed by atoms with Gasteiger partial charge in [0.15, 0.2) is 0 Å². The lowest BCUT2D eigenvalue weighted by atomic mass is 9.95. The molecule has 3 heteroatoms. The Morgan fingerprint density at radius 3 is 1.14 bits per heavy atom. The normalized spacial score (nSPS) is 10.2. The van der Waals surface area contributed by atoms with Crippen molar-refractivity contribution in [1.82, 2.24) is 0 Å². The highest BCUT2D eigenvalue weighted by atomic mass is 32.1. The highest BCUT2D eigenvalue weighted by Gasteiger charge is 2.13. The van der Waals surface area contributed by atoms with Gasteiger partial charge in [-0.25, -0.2) is 0 Å². The monoisotopic (exact) mass is 939 g/mol. The summed E-state index contributed by atoms with van der Waals surface area (Å²) in [5, 5.41) is 6.27. The third kappa shape index (κ3) is 51.0. The Morgan fingerprint density at radius 1 is 0.385 bits per heavy atom. The second-order valence-corrected chi connectivity index (χ2v) is 21.3. The number of thiophene rings is 3. The summed E-state index contributed by atoms with van der Waals surface area (Å²) in [4.78, 5) is 3.95. The van der Waals surface area contributed by atoms with Gasteiger partial charge in [0.2, 0.25) is 0 Å². The number of benzene rings is 2. The predicted molar refractivity (Wildman–Crippen MR) is 311 cm³/mol. The molecule has 0 amide bonds. The molecule has 0 saturated heterocycles. The zero-order valence-corrected chi connectivity index (χ0v) is 49.0. The Kier molecular flexibility index (Phi) is 44.9. The van der Waals surface area contributed by atoms with Gasteiger partial charge in [0, 0.05) is 26.1 Å². The van der Waals surface area contributed by atoms with Crippen molar-refractivity contribution in [2.75, 3.05) is 0 Å². The van der Waals surface area contributed by atoms with Crippen molar-refractivity contribution in [2.45, 2.75) is 179 Å². The van der Waals surface area contributed by atoms with Crippen LogP contribution in [-0.2, 0) is 5.41 Å². The van der Waals surface area contributed by atoms with Gasteiger partial charge in [-0.3, -0.25) is 0 Å². The Labute approximate surface area is 418 Å². The van der Waals surface area contributed by atoms with E-state index in [1.54, 1.807) is 22.7 Å². The van der Waals surface area contributed by atoms with Gasteiger partial charge >= 0.3 is 0 Å². The molecular formula is C62H98S3. The van der Waals surface area contributed by atoms with Crippen LogP contribution in [0.4, 0.5) is 0 Å². The van der Waals surface area contributed by atoms with Gasteiger partial charge in [0.05, 0.1) is 4.88 Å². The minimum absolute atomic E-state index is 0.0931. The second-order valence-electron chi connectivity index (χ2n) is 18.4. The first-order valence-corrected chi connectivity index (χ1v) is 26.7. The van der Waals surface area contributed by atoms with Crippen LogP contribution in [0, 0.1) is 45.3 Å². The molecule has 0 radical (unpaired) electrons. The van der Waals surface area contributed by atoms with Crippen LogP contribution >= 0.6 is 34.0 Å². The molecule has 364 valence electrons. The largest absolute Gasteiger partial charge is 0.148 e. The van der Waals surface area contributed by atoms with Crippen LogP contribution in [0.3, 0.4) is 0 Å². The van der Waals surface area contributed by atoms with Crippen LogP contribution in [0.5, 0.6) is 0 Å². The van der Waals surface area contributed by atoms with Crippen LogP contribution in [0.1, 0.15) is 199 Å². The summed E-state index contributed by atoms with van der Waals surface area (Å²) >= 11 is 5.30. The van der Waals surface area contributed by atoms with Crippen molar-refractivity contribution in [3.63, 3.8) is 0 Å². The molecule has 5 aromatic rings. The fraction of sp³-hybridized carbons (Fsp3) is 0.484. The maximum absolute atomic E-state index is 3.19. The van der Waals surface area contributed by atoms with Gasteiger partial charge < -0.3 is 0 Å². The van der Waals surface area contributed by atoms with E-state index in [9.17, 15) is 0 Å². The zero-order chi connectivity index (χ0) is 51.6. The summed E-state index contributed by atoms with van der Waals surface area (Å²) < 4.78 is 0. The van der Waals surface area contributed by atoms with Gasteiger partial charge in [-0.1, -0.05) is 240 Å². The smallest absolute Gasteiger partial charge is 0.0768 e. The van der Waals surface area contributed by atoms with Crippen LogP contribution in [0.15, 0.2) is 125 Å². The highest BCUT2D eigenvalue weighted by molar-refractivity contribution is 7.11. The quantitative estimate of drug-likeness (QED) is 0.155. The number of allylic oxidation sites excluding steroid dienone is 2. The van der Waals surface area contributed by atoms with E-state index in [-0.39, 0.29) is 16.2 Å². The second kappa shape index (κ2) is 41.6. The van der Waals surface area contributed by atoms with Crippen molar-refractivity contribution in [3.8, 4) is 23.7 Å². The third-order valence-electron chi connectivity index (χ3n) is 6.56. The van der Waals surface area contributed by atoms with Crippen molar-refractivity contribution in [3.05, 3.63) is 151 Å². The fourth-order valence-electron chi connectivity index (χ4n) is 3.71. The standard InChI is InChI=1S/C12H16.C12H14.C10H14S.C10H12S.C8H12S.5C2H6/c2*1-12(2,3)10-9-11-7-5-4-6-8-11;2*1-10(2,3)7-6-9-5-4-8-11-9;1-8(2,3)7-5-4-6-9-7;5*1-2/h4-10H,1-3H3;4-8H,1-3H3;4-8H,1-3H3;4-5,8H,1-3H3;4-6H,1-3H3;5*1-2H3/b10-9+;;7-6+;;;;;;;. The minimum atomic E-state index is 0.0931. The van der Waals surface area contributed by atoms with Crippen molar-refractivity contribution < 1.29 is 0 Å². The van der Waals surface area contributed by atoms with E-state index >= 15 is 0 Å². The maximum atomic E-state index is 3.19. The Morgan fingerprint density at radius 2 is 0.785 bits per heavy atom. The van der Waals surface area contributed by atoms with E-state index in [0.717, 1.165) is 10.4 Å². The molecule has 65 heavy (non-hydrogen) atoms. The van der Waals surface area contributed by atoms with Gasteiger partial charge in [-0.05, 0) is 116 Å². The zero-order valence-electron chi connectivity index (χ0n) is 46.5. The van der Waals surface area contributed by atoms with Crippen molar-refractivity contribution >= 4 is 46.2 Å². The van der Waals surface area contributed by atoms with E-state index in [2.05, 4.69) is 211 Å². The van der Waals surface area contributed by atoms with Crippen LogP contribution < -0.4 is 0 Å². The fourth-order valence-corrected chi connectivity index (χ4v) is 5.72. The Hall–Kier alpha value is -3.86. The van der Waals surface area contributed by atoms with E-state index in [4.69, 9.17) is 0 Å². The summed E-state index contributed by atoms with van der Waals surface area (Å²) in [5.41, 5.74) is 3.48. The first kappa shape index (κ1) is 70.2. The van der Waals surface area contributed by atoms with Gasteiger partial charge in [0.1, 0.15) is 0 Å². The average Bonchev–Trinajstić information content (AvgIpc) is 4.11. The lowest BCUT2D eigenvalue weighted by Gasteiger charge is -2.14. The van der Waals surface area contributed by atoms with E-state index in [1.165, 1.54) is 15.3 Å². The lowest BCUT2D eigenvalue weighted by molar-refractivity contribution is 0.547. The molecule has 0 fully saturated rings. The molecule has 0 unspecified atom stereocenters. The van der Waals surface area contributed by atoms with Gasteiger partial charge in [0.25, 0.3) is 0 Å². The number of hydrogen-bond donors (Lipinski definition) is 0. The first-order chi connectivity index (χ1) is 30.4. The van der Waals surface area contributed by atoms with Gasteiger partial charge in [-0.2, -0.15) is 0 Å². The number of hydrogen-bond acceptors (Lipinski definition) is 3. The third-order valence-corrected chi connectivity index (χ3v) is 9.48. The molecule has 0 atom stereocenters. The maximum Gasteiger partial charge on any atom is 0.0768 e. The Balaban J connectivity index is -0.000000220. The van der Waals surface area contributed by atoms with Crippen LogP contribution in [0.25, 0.3) is 12.2 Å². The first-order valence-electron chi connectivity index (χ1n) is 24.1. The van der Waals surface area contributed by atoms with E-state index in [0.29, 0.717) is 10.8 Å².